The first-order chi connectivity index (χ1) is 10.0. The van der Waals surface area contributed by atoms with E-state index in [2.05, 4.69) is 15.9 Å². The normalized spacial score (nSPS) is 12.6. The quantitative estimate of drug-likeness (QED) is 0.854. The Kier molecular flexibility index (Phi) is 5.20. The molecule has 1 unspecified atom stereocenters. The molecule has 0 aliphatic heterocycles. The van der Waals surface area contributed by atoms with Gasteiger partial charge in [0.05, 0.1) is 6.54 Å². The second-order valence-electron chi connectivity index (χ2n) is 4.95. The molecule has 0 amide bonds. The number of carboxylic acid groups (broad SMARTS) is 1. The lowest BCUT2D eigenvalue weighted by Crippen LogP contribution is -2.37. The summed E-state index contributed by atoms with van der Waals surface area (Å²) in [6.07, 6.45) is 0.562. The SMILES string of the molecule is CCC(C(=O)O)N(C)Cc1ccc(-c2ccc(Br)cc2)o1. The van der Waals surface area contributed by atoms with E-state index >= 15 is 0 Å². The first-order valence-corrected chi connectivity index (χ1v) is 7.58. The van der Waals surface area contributed by atoms with Crippen molar-refractivity contribution < 1.29 is 14.3 Å². The van der Waals surface area contributed by atoms with E-state index in [0.29, 0.717) is 13.0 Å². The number of benzene rings is 1. The fraction of sp³-hybridized carbons (Fsp3) is 0.312. The molecule has 1 atom stereocenters. The Bertz CT molecular complexity index is 606. The van der Waals surface area contributed by atoms with E-state index in [0.717, 1.165) is 21.6 Å². The van der Waals surface area contributed by atoms with Crippen molar-refractivity contribution in [3.05, 3.63) is 46.6 Å². The number of carbonyl (C=O) groups is 1. The van der Waals surface area contributed by atoms with E-state index < -0.39 is 12.0 Å². The van der Waals surface area contributed by atoms with Gasteiger partial charge < -0.3 is 9.52 Å². The van der Waals surface area contributed by atoms with Gasteiger partial charge in [-0.25, -0.2) is 0 Å². The molecule has 4 nitrogen and oxygen atoms in total. The van der Waals surface area contributed by atoms with E-state index in [1.165, 1.54) is 0 Å². The molecule has 0 radical (unpaired) electrons. The van der Waals surface area contributed by atoms with E-state index in [1.807, 2.05) is 43.3 Å². The van der Waals surface area contributed by atoms with Gasteiger partial charge in [-0.1, -0.05) is 35.0 Å². The van der Waals surface area contributed by atoms with Crippen LogP contribution in [0.5, 0.6) is 0 Å². The van der Waals surface area contributed by atoms with Crippen LogP contribution in [0.15, 0.2) is 45.3 Å². The molecule has 2 rings (SSSR count). The van der Waals surface area contributed by atoms with Crippen LogP contribution in [0.4, 0.5) is 0 Å². The molecular formula is C16H18BrNO3. The van der Waals surface area contributed by atoms with Gasteiger partial charge in [-0.15, -0.1) is 0 Å². The lowest BCUT2D eigenvalue weighted by atomic mass is 10.2. The number of hydrogen-bond donors (Lipinski definition) is 1. The van der Waals surface area contributed by atoms with Gasteiger partial charge in [-0.3, -0.25) is 9.69 Å². The highest BCUT2D eigenvalue weighted by Gasteiger charge is 2.21. The number of carboxylic acids is 1. The molecular weight excluding hydrogens is 334 g/mol. The number of aliphatic carboxylic acids is 1. The Labute approximate surface area is 132 Å². The van der Waals surface area contributed by atoms with Crippen molar-refractivity contribution in [3.63, 3.8) is 0 Å². The fourth-order valence-electron chi connectivity index (χ4n) is 2.26. The van der Waals surface area contributed by atoms with Crippen molar-refractivity contribution >= 4 is 21.9 Å². The van der Waals surface area contributed by atoms with Gasteiger partial charge >= 0.3 is 5.97 Å². The zero-order chi connectivity index (χ0) is 15.4. The minimum atomic E-state index is -0.806. The molecule has 1 heterocycles. The third kappa shape index (κ3) is 3.95. The monoisotopic (exact) mass is 351 g/mol. The second-order valence-corrected chi connectivity index (χ2v) is 5.87. The standard InChI is InChI=1S/C16H18BrNO3/c1-3-14(16(19)20)18(2)10-13-8-9-15(21-13)11-4-6-12(17)7-5-11/h4-9,14H,3,10H2,1-2H3,(H,19,20). The number of rotatable bonds is 6. The summed E-state index contributed by atoms with van der Waals surface area (Å²) < 4.78 is 6.82. The Hall–Kier alpha value is -1.59. The molecule has 0 fully saturated rings. The van der Waals surface area contributed by atoms with Crippen LogP contribution < -0.4 is 0 Å². The van der Waals surface area contributed by atoms with Crippen molar-refractivity contribution in [1.29, 1.82) is 0 Å². The molecule has 2 aromatic rings. The number of halogens is 1. The van der Waals surface area contributed by atoms with E-state index in [-0.39, 0.29) is 0 Å². The topological polar surface area (TPSA) is 53.7 Å². The highest BCUT2D eigenvalue weighted by molar-refractivity contribution is 9.10. The molecule has 0 saturated carbocycles. The molecule has 1 aromatic heterocycles. The molecule has 1 N–H and O–H groups in total. The third-order valence-corrected chi connectivity index (χ3v) is 3.93. The van der Waals surface area contributed by atoms with Crippen LogP contribution in [0.1, 0.15) is 19.1 Å². The van der Waals surface area contributed by atoms with Gasteiger partial charge in [0.1, 0.15) is 17.6 Å². The number of hydrogen-bond acceptors (Lipinski definition) is 3. The van der Waals surface area contributed by atoms with Crippen LogP contribution in [-0.4, -0.2) is 29.1 Å². The minimum absolute atomic E-state index is 0.474. The smallest absolute Gasteiger partial charge is 0.320 e. The average Bonchev–Trinajstić information content (AvgIpc) is 2.88. The Morgan fingerprint density at radius 2 is 1.95 bits per heavy atom. The molecule has 0 aliphatic carbocycles. The maximum absolute atomic E-state index is 11.1. The molecule has 1 aromatic carbocycles. The number of furan rings is 1. The Morgan fingerprint density at radius 1 is 1.29 bits per heavy atom. The van der Waals surface area contributed by atoms with Crippen LogP contribution in [0.2, 0.25) is 0 Å². The predicted octanol–water partition coefficient (Wildman–Crippen LogP) is 4.00. The predicted molar refractivity (Wildman–Crippen MR) is 85.0 cm³/mol. The van der Waals surface area contributed by atoms with Crippen molar-refractivity contribution in [2.24, 2.45) is 0 Å². The molecule has 0 aliphatic rings. The molecule has 0 spiro atoms. The van der Waals surface area contributed by atoms with Crippen LogP contribution in [0.3, 0.4) is 0 Å². The highest BCUT2D eigenvalue weighted by atomic mass is 79.9. The van der Waals surface area contributed by atoms with Gasteiger partial charge in [0.25, 0.3) is 0 Å². The summed E-state index contributed by atoms with van der Waals surface area (Å²) in [7, 11) is 1.80. The largest absolute Gasteiger partial charge is 0.480 e. The van der Waals surface area contributed by atoms with Crippen LogP contribution in [0.25, 0.3) is 11.3 Å². The molecule has 112 valence electrons. The fourth-order valence-corrected chi connectivity index (χ4v) is 2.53. The van der Waals surface area contributed by atoms with E-state index in [9.17, 15) is 4.79 Å². The van der Waals surface area contributed by atoms with E-state index in [1.54, 1.807) is 11.9 Å². The lowest BCUT2D eigenvalue weighted by molar-refractivity contribution is -0.143. The maximum Gasteiger partial charge on any atom is 0.320 e. The number of nitrogens with zero attached hydrogens (tertiary/aromatic N) is 1. The van der Waals surface area contributed by atoms with Crippen molar-refractivity contribution in [3.8, 4) is 11.3 Å². The summed E-state index contributed by atoms with van der Waals surface area (Å²) in [4.78, 5) is 12.9. The third-order valence-electron chi connectivity index (χ3n) is 3.40. The Morgan fingerprint density at radius 3 is 2.52 bits per heavy atom. The van der Waals surface area contributed by atoms with E-state index in [4.69, 9.17) is 9.52 Å². The highest BCUT2D eigenvalue weighted by Crippen LogP contribution is 2.24. The minimum Gasteiger partial charge on any atom is -0.480 e. The molecule has 5 heteroatoms. The van der Waals surface area contributed by atoms with Gasteiger partial charge in [0.2, 0.25) is 0 Å². The summed E-state index contributed by atoms with van der Waals surface area (Å²) in [6, 6.07) is 11.2. The molecule has 0 bridgehead atoms. The molecule has 0 saturated heterocycles. The maximum atomic E-state index is 11.1. The Balaban J connectivity index is 2.09. The van der Waals surface area contributed by atoms with Gasteiger partial charge in [0.15, 0.2) is 0 Å². The zero-order valence-electron chi connectivity index (χ0n) is 12.0. The van der Waals surface area contributed by atoms with Crippen molar-refractivity contribution in [2.45, 2.75) is 25.9 Å². The number of likely N-dealkylation sites (N-methyl/N-ethyl adjacent to an activating group) is 1. The van der Waals surface area contributed by atoms with Crippen LogP contribution in [0, 0.1) is 0 Å². The summed E-state index contributed by atoms with van der Waals surface area (Å²) in [5.41, 5.74) is 0.998. The lowest BCUT2D eigenvalue weighted by Gasteiger charge is -2.22. The summed E-state index contributed by atoms with van der Waals surface area (Å²) in [5, 5.41) is 9.15. The summed E-state index contributed by atoms with van der Waals surface area (Å²) in [5.74, 6) is 0.740. The van der Waals surface area contributed by atoms with Crippen LogP contribution >= 0.6 is 15.9 Å². The van der Waals surface area contributed by atoms with Gasteiger partial charge in [-0.05, 0) is 37.7 Å². The average molecular weight is 352 g/mol. The summed E-state index contributed by atoms with van der Waals surface area (Å²) in [6.45, 7) is 2.34. The summed E-state index contributed by atoms with van der Waals surface area (Å²) >= 11 is 3.40. The first-order valence-electron chi connectivity index (χ1n) is 6.79. The first kappa shape index (κ1) is 15.8. The van der Waals surface area contributed by atoms with Crippen molar-refractivity contribution in [2.75, 3.05) is 7.05 Å². The van der Waals surface area contributed by atoms with Crippen LogP contribution in [-0.2, 0) is 11.3 Å². The van der Waals surface area contributed by atoms with Gasteiger partial charge in [0, 0.05) is 10.0 Å². The van der Waals surface area contributed by atoms with Crippen molar-refractivity contribution in [1.82, 2.24) is 4.90 Å². The molecule has 21 heavy (non-hydrogen) atoms. The zero-order valence-corrected chi connectivity index (χ0v) is 13.6. The second kappa shape index (κ2) is 6.91. The van der Waals surface area contributed by atoms with Gasteiger partial charge in [-0.2, -0.15) is 0 Å².